The fourth-order valence-corrected chi connectivity index (χ4v) is 1.96. The number of β-amino-alcohol motifs (C(OH)–C–C–N with tert-alkyl or cyclic N) is 1. The van der Waals surface area contributed by atoms with Crippen LogP contribution in [-0.4, -0.2) is 47.1 Å². The van der Waals surface area contributed by atoms with E-state index in [1.165, 1.54) is 0 Å². The summed E-state index contributed by atoms with van der Waals surface area (Å²) in [6.07, 6.45) is 1.28. The van der Waals surface area contributed by atoms with Crippen molar-refractivity contribution >= 4 is 11.8 Å². The number of carbonyl (C=O) groups excluding carboxylic acids is 2. The van der Waals surface area contributed by atoms with Crippen LogP contribution in [0.3, 0.4) is 0 Å². The molecule has 2 saturated heterocycles. The van der Waals surface area contributed by atoms with Crippen LogP contribution in [0.4, 0.5) is 0 Å². The maximum Gasteiger partial charge on any atom is 0.245 e. The first-order valence-corrected chi connectivity index (χ1v) is 4.93. The highest BCUT2D eigenvalue weighted by Crippen LogP contribution is 2.14. The number of nitrogens with one attached hydrogen (secondary N) is 1. The van der Waals surface area contributed by atoms with Crippen molar-refractivity contribution in [3.8, 4) is 0 Å². The van der Waals surface area contributed by atoms with Crippen LogP contribution in [0.25, 0.3) is 0 Å². The molecule has 0 aliphatic carbocycles. The zero-order chi connectivity index (χ0) is 10.1. The van der Waals surface area contributed by atoms with Crippen LogP contribution < -0.4 is 5.32 Å². The molecule has 78 valence electrons. The van der Waals surface area contributed by atoms with E-state index in [1.54, 1.807) is 4.90 Å². The molecular weight excluding hydrogens is 184 g/mol. The van der Waals surface area contributed by atoms with Gasteiger partial charge in [-0.25, -0.2) is 0 Å². The lowest BCUT2D eigenvalue weighted by Gasteiger charge is -2.19. The summed E-state index contributed by atoms with van der Waals surface area (Å²) in [5, 5.41) is 11.9. The summed E-state index contributed by atoms with van der Waals surface area (Å²) in [6.45, 7) is 1.01. The minimum Gasteiger partial charge on any atom is -0.391 e. The van der Waals surface area contributed by atoms with Crippen molar-refractivity contribution < 1.29 is 14.7 Å². The van der Waals surface area contributed by atoms with Crippen molar-refractivity contribution in [3.63, 3.8) is 0 Å². The number of amides is 2. The van der Waals surface area contributed by atoms with Crippen LogP contribution >= 0.6 is 0 Å². The van der Waals surface area contributed by atoms with Crippen molar-refractivity contribution in [3.05, 3.63) is 0 Å². The van der Waals surface area contributed by atoms with Crippen molar-refractivity contribution in [2.45, 2.75) is 31.4 Å². The lowest BCUT2D eigenvalue weighted by Crippen LogP contribution is -2.43. The summed E-state index contributed by atoms with van der Waals surface area (Å²) >= 11 is 0. The Kier molecular flexibility index (Phi) is 2.41. The van der Waals surface area contributed by atoms with Gasteiger partial charge in [-0.05, 0) is 12.8 Å². The van der Waals surface area contributed by atoms with Gasteiger partial charge in [-0.3, -0.25) is 9.59 Å². The number of rotatable bonds is 1. The van der Waals surface area contributed by atoms with Crippen LogP contribution in [0.2, 0.25) is 0 Å². The second-order valence-corrected chi connectivity index (χ2v) is 3.89. The monoisotopic (exact) mass is 198 g/mol. The first-order valence-electron chi connectivity index (χ1n) is 4.93. The van der Waals surface area contributed by atoms with Crippen molar-refractivity contribution in [2.24, 2.45) is 0 Å². The number of likely N-dealkylation sites (tertiary alicyclic amines) is 1. The second kappa shape index (κ2) is 3.57. The molecule has 0 aromatic carbocycles. The normalized spacial score (nSPS) is 32.1. The van der Waals surface area contributed by atoms with Crippen LogP contribution in [0, 0.1) is 0 Å². The van der Waals surface area contributed by atoms with Gasteiger partial charge in [0.1, 0.15) is 6.04 Å². The molecule has 0 radical (unpaired) electrons. The smallest absolute Gasteiger partial charge is 0.245 e. The molecular formula is C9H14N2O3. The quantitative estimate of drug-likeness (QED) is 0.559. The lowest BCUT2D eigenvalue weighted by atomic mass is 10.2. The maximum atomic E-state index is 11.7. The molecule has 2 fully saturated rings. The summed E-state index contributed by atoms with van der Waals surface area (Å²) in [4.78, 5) is 24.3. The number of hydrogen-bond acceptors (Lipinski definition) is 3. The third kappa shape index (κ3) is 1.72. The Morgan fingerprint density at radius 3 is 2.79 bits per heavy atom. The van der Waals surface area contributed by atoms with E-state index in [4.69, 9.17) is 0 Å². The molecule has 0 saturated carbocycles. The predicted octanol–water partition coefficient (Wildman–Crippen LogP) is -1.14. The van der Waals surface area contributed by atoms with Crippen LogP contribution in [0.15, 0.2) is 0 Å². The first kappa shape index (κ1) is 9.45. The average Bonchev–Trinajstić information content (AvgIpc) is 2.73. The van der Waals surface area contributed by atoms with E-state index < -0.39 is 6.10 Å². The molecule has 2 N–H and O–H groups in total. The molecule has 2 heterocycles. The first-order chi connectivity index (χ1) is 6.66. The van der Waals surface area contributed by atoms with Crippen molar-refractivity contribution in [2.75, 3.05) is 13.1 Å². The Morgan fingerprint density at radius 1 is 1.50 bits per heavy atom. The van der Waals surface area contributed by atoms with E-state index in [9.17, 15) is 14.7 Å². The van der Waals surface area contributed by atoms with Crippen LogP contribution in [-0.2, 0) is 9.59 Å². The van der Waals surface area contributed by atoms with Gasteiger partial charge in [-0.15, -0.1) is 0 Å². The molecule has 14 heavy (non-hydrogen) atoms. The standard InChI is InChI=1S/C9H14N2O3/c12-6-3-4-11(5-6)9(14)7-1-2-8(13)10-7/h6-7,12H,1-5H2,(H,10,13)/t6-,7+/m1/s1. The zero-order valence-corrected chi connectivity index (χ0v) is 7.90. The molecule has 5 nitrogen and oxygen atoms in total. The van der Waals surface area contributed by atoms with Gasteiger partial charge in [0.15, 0.2) is 0 Å². The molecule has 0 aromatic heterocycles. The van der Waals surface area contributed by atoms with Gasteiger partial charge in [0.05, 0.1) is 6.10 Å². The van der Waals surface area contributed by atoms with Gasteiger partial charge >= 0.3 is 0 Å². The summed E-state index contributed by atoms with van der Waals surface area (Å²) in [5.74, 6) is -0.101. The van der Waals surface area contributed by atoms with E-state index in [1.807, 2.05) is 0 Å². The average molecular weight is 198 g/mol. The molecule has 2 aliphatic heterocycles. The maximum absolute atomic E-state index is 11.7. The van der Waals surface area contributed by atoms with E-state index in [0.717, 1.165) is 0 Å². The van der Waals surface area contributed by atoms with Gasteiger partial charge in [-0.2, -0.15) is 0 Å². The van der Waals surface area contributed by atoms with Gasteiger partial charge in [0, 0.05) is 19.5 Å². The van der Waals surface area contributed by atoms with Crippen molar-refractivity contribution in [1.82, 2.24) is 10.2 Å². The number of aliphatic hydroxyl groups is 1. The molecule has 0 bridgehead atoms. The largest absolute Gasteiger partial charge is 0.391 e. The molecule has 2 rings (SSSR count). The fraction of sp³-hybridized carbons (Fsp3) is 0.778. The number of nitrogens with zero attached hydrogens (tertiary/aromatic N) is 1. The summed E-state index contributed by atoms with van der Waals surface area (Å²) in [6, 6.07) is -0.354. The SMILES string of the molecule is O=C1CC[C@@H](C(=O)N2CC[C@@H](O)C2)N1. The van der Waals surface area contributed by atoms with Crippen LogP contribution in [0.1, 0.15) is 19.3 Å². The topological polar surface area (TPSA) is 69.6 Å². The lowest BCUT2D eigenvalue weighted by molar-refractivity contribution is -0.133. The minimum atomic E-state index is -0.393. The van der Waals surface area contributed by atoms with Gasteiger partial charge in [0.2, 0.25) is 11.8 Å². The van der Waals surface area contributed by atoms with E-state index in [2.05, 4.69) is 5.32 Å². The van der Waals surface area contributed by atoms with E-state index in [-0.39, 0.29) is 17.9 Å². The Morgan fingerprint density at radius 2 is 2.29 bits per heavy atom. The predicted molar refractivity (Wildman–Crippen MR) is 48.4 cm³/mol. The number of carbonyl (C=O) groups is 2. The number of hydrogen-bond donors (Lipinski definition) is 2. The molecule has 2 atom stereocenters. The molecule has 5 heteroatoms. The summed E-state index contributed by atoms with van der Waals surface area (Å²) < 4.78 is 0. The fourth-order valence-electron chi connectivity index (χ4n) is 1.96. The Bertz CT molecular complexity index is 267. The highest BCUT2D eigenvalue weighted by atomic mass is 16.3. The Hall–Kier alpha value is -1.10. The molecule has 2 amide bonds. The van der Waals surface area contributed by atoms with Crippen molar-refractivity contribution in [1.29, 1.82) is 0 Å². The molecule has 0 aromatic rings. The van der Waals surface area contributed by atoms with Gasteiger partial charge in [-0.1, -0.05) is 0 Å². The molecule has 0 spiro atoms. The van der Waals surface area contributed by atoms with Gasteiger partial charge < -0.3 is 15.3 Å². The third-order valence-electron chi connectivity index (χ3n) is 2.77. The highest BCUT2D eigenvalue weighted by molar-refractivity contribution is 5.90. The third-order valence-corrected chi connectivity index (χ3v) is 2.77. The summed E-state index contributed by atoms with van der Waals surface area (Å²) in [5.41, 5.74) is 0. The Balaban J connectivity index is 1.92. The van der Waals surface area contributed by atoms with E-state index >= 15 is 0 Å². The molecule has 0 unspecified atom stereocenters. The summed E-state index contributed by atoms with van der Waals surface area (Å²) in [7, 11) is 0. The highest BCUT2D eigenvalue weighted by Gasteiger charge is 2.33. The van der Waals surface area contributed by atoms with Crippen LogP contribution in [0.5, 0.6) is 0 Å². The Labute approximate surface area is 82.1 Å². The second-order valence-electron chi connectivity index (χ2n) is 3.89. The zero-order valence-electron chi connectivity index (χ0n) is 7.90. The van der Waals surface area contributed by atoms with Gasteiger partial charge in [0.25, 0.3) is 0 Å². The molecule has 2 aliphatic rings. The van der Waals surface area contributed by atoms with E-state index in [0.29, 0.717) is 32.4 Å². The minimum absolute atomic E-state index is 0.0487. The number of aliphatic hydroxyl groups excluding tert-OH is 1.